The van der Waals surface area contributed by atoms with Crippen molar-refractivity contribution >= 4 is 32.4 Å². The number of nitrogens with zero attached hydrogens (tertiary/aromatic N) is 2. The van der Waals surface area contributed by atoms with E-state index in [-0.39, 0.29) is 33.1 Å². The Kier molecular flexibility index (Phi) is 5.94. The number of halogens is 1. The Morgan fingerprint density at radius 3 is 2.53 bits per heavy atom. The van der Waals surface area contributed by atoms with E-state index < -0.39 is 15.8 Å². The zero-order chi connectivity index (χ0) is 24.7. The summed E-state index contributed by atoms with van der Waals surface area (Å²) < 4.78 is 54.1. The molecule has 0 aliphatic heterocycles. The van der Waals surface area contributed by atoms with E-state index in [1.54, 1.807) is 0 Å². The maximum absolute atomic E-state index is 15.2. The molecule has 0 unspecified atom stereocenters. The average Bonchev–Trinajstić information content (AvgIpc) is 3.28. The van der Waals surface area contributed by atoms with Crippen LogP contribution in [0.5, 0.6) is 5.75 Å². The van der Waals surface area contributed by atoms with Gasteiger partial charge in [0.25, 0.3) is 10.0 Å². The molecule has 1 N–H and O–H groups in total. The van der Waals surface area contributed by atoms with Crippen LogP contribution in [0.3, 0.4) is 0 Å². The molecular formula is C24H24FN3O5S. The molecule has 2 heterocycles. The quantitative estimate of drug-likeness (QED) is 0.421. The lowest BCUT2D eigenvalue weighted by molar-refractivity contribution is 0.393. The molecule has 0 amide bonds. The Morgan fingerprint density at radius 2 is 1.88 bits per heavy atom. The first-order valence-corrected chi connectivity index (χ1v) is 11.9. The van der Waals surface area contributed by atoms with E-state index in [0.29, 0.717) is 22.9 Å². The molecule has 2 aromatic heterocycles. The van der Waals surface area contributed by atoms with E-state index in [9.17, 15) is 13.2 Å². The Morgan fingerprint density at radius 1 is 1.12 bits per heavy atom. The van der Waals surface area contributed by atoms with Gasteiger partial charge in [0.1, 0.15) is 23.5 Å². The van der Waals surface area contributed by atoms with Gasteiger partial charge in [0, 0.05) is 23.7 Å². The van der Waals surface area contributed by atoms with Crippen molar-refractivity contribution in [3.8, 4) is 5.75 Å². The predicted molar refractivity (Wildman–Crippen MR) is 127 cm³/mol. The topological polar surface area (TPSA) is 106 Å². The second-order valence-electron chi connectivity index (χ2n) is 9.05. The highest BCUT2D eigenvalue weighted by molar-refractivity contribution is 7.93. The van der Waals surface area contributed by atoms with Crippen LogP contribution in [-0.2, 0) is 16.4 Å². The van der Waals surface area contributed by atoms with Crippen molar-refractivity contribution in [2.75, 3.05) is 11.4 Å². The van der Waals surface area contributed by atoms with Crippen LogP contribution in [0.4, 0.5) is 15.9 Å². The van der Waals surface area contributed by atoms with Crippen LogP contribution in [-0.4, -0.2) is 25.7 Å². The molecular weight excluding hydrogens is 461 g/mol. The highest BCUT2D eigenvalue weighted by Crippen LogP contribution is 2.40. The number of anilines is 2. The van der Waals surface area contributed by atoms with Gasteiger partial charge in [-0.2, -0.15) is 0 Å². The molecule has 34 heavy (non-hydrogen) atoms. The van der Waals surface area contributed by atoms with Gasteiger partial charge in [-0.05, 0) is 53.1 Å². The number of nitrogens with one attached hydrogen (secondary N) is 1. The Hall–Kier alpha value is -3.66. The normalized spacial score (nSPS) is 12.1. The van der Waals surface area contributed by atoms with Crippen molar-refractivity contribution in [2.45, 2.75) is 32.1 Å². The maximum atomic E-state index is 15.2. The molecule has 2 aromatic carbocycles. The average molecular weight is 486 g/mol. The van der Waals surface area contributed by atoms with Crippen molar-refractivity contribution in [3.05, 3.63) is 76.5 Å². The first-order chi connectivity index (χ1) is 16.0. The standard InChI is InChI=1S/C24H24FN3O5S/c1-24(2,3)14-16-12-21(32-4)20(13-18(16)25)28(22-9-10-33-27-22)34(30,31)17-6-7-19-15(11-17)5-8-23(29)26-19/h5-13H,14H2,1-4H3,(H,26,29). The summed E-state index contributed by atoms with van der Waals surface area (Å²) in [4.78, 5) is 14.1. The maximum Gasteiger partial charge on any atom is 0.270 e. The number of rotatable bonds is 6. The van der Waals surface area contributed by atoms with Crippen LogP contribution in [0.15, 0.2) is 69.0 Å². The zero-order valence-corrected chi connectivity index (χ0v) is 19.9. The molecule has 178 valence electrons. The van der Waals surface area contributed by atoms with Crippen LogP contribution >= 0.6 is 0 Å². The molecule has 8 nitrogen and oxygen atoms in total. The highest BCUT2D eigenvalue weighted by Gasteiger charge is 2.32. The van der Waals surface area contributed by atoms with E-state index in [1.165, 1.54) is 55.8 Å². The third-order valence-electron chi connectivity index (χ3n) is 5.15. The van der Waals surface area contributed by atoms with Crippen LogP contribution < -0.4 is 14.6 Å². The van der Waals surface area contributed by atoms with Crippen molar-refractivity contribution in [3.63, 3.8) is 0 Å². The van der Waals surface area contributed by atoms with E-state index >= 15 is 4.39 Å². The van der Waals surface area contributed by atoms with E-state index in [0.717, 1.165) is 10.4 Å². The molecule has 0 fully saturated rings. The van der Waals surface area contributed by atoms with Crippen molar-refractivity contribution in [1.29, 1.82) is 0 Å². The fourth-order valence-electron chi connectivity index (χ4n) is 3.70. The number of fused-ring (bicyclic) bond motifs is 1. The minimum absolute atomic E-state index is 0.0480. The van der Waals surface area contributed by atoms with Crippen molar-refractivity contribution in [2.24, 2.45) is 5.41 Å². The lowest BCUT2D eigenvalue weighted by Crippen LogP contribution is -2.27. The fourth-order valence-corrected chi connectivity index (χ4v) is 5.17. The number of aromatic amines is 1. The summed E-state index contributed by atoms with van der Waals surface area (Å²) in [6, 6.07) is 11.1. The molecule has 0 aliphatic rings. The third kappa shape index (κ3) is 4.54. The molecule has 0 radical (unpaired) electrons. The van der Waals surface area contributed by atoms with Gasteiger partial charge in [-0.25, -0.2) is 17.1 Å². The molecule has 0 aliphatic carbocycles. The van der Waals surface area contributed by atoms with E-state index in [1.807, 2.05) is 20.8 Å². The number of aromatic nitrogens is 2. The minimum atomic E-state index is -4.30. The number of methoxy groups -OCH3 is 1. The van der Waals surface area contributed by atoms with E-state index in [4.69, 9.17) is 9.26 Å². The SMILES string of the molecule is COc1cc(CC(C)(C)C)c(F)cc1N(c1ccon1)S(=O)(=O)c1ccc2[nH]c(=O)ccc2c1. The first-order valence-electron chi connectivity index (χ1n) is 10.4. The lowest BCUT2D eigenvalue weighted by atomic mass is 9.88. The molecule has 10 heteroatoms. The summed E-state index contributed by atoms with van der Waals surface area (Å²) in [5.41, 5.74) is 0.336. The molecule has 0 atom stereocenters. The van der Waals surface area contributed by atoms with Gasteiger partial charge in [0.2, 0.25) is 5.56 Å². The fraction of sp³-hybridized carbons (Fsp3) is 0.250. The summed E-state index contributed by atoms with van der Waals surface area (Å²) >= 11 is 0. The molecule has 0 saturated heterocycles. The highest BCUT2D eigenvalue weighted by atomic mass is 32.2. The van der Waals surface area contributed by atoms with Gasteiger partial charge < -0.3 is 14.2 Å². The van der Waals surface area contributed by atoms with Gasteiger partial charge in [0.15, 0.2) is 5.82 Å². The minimum Gasteiger partial charge on any atom is -0.495 e. The molecule has 0 bridgehead atoms. The third-order valence-corrected chi connectivity index (χ3v) is 6.87. The van der Waals surface area contributed by atoms with Gasteiger partial charge in [0.05, 0.1) is 12.0 Å². The number of benzene rings is 2. The smallest absolute Gasteiger partial charge is 0.270 e. The Balaban J connectivity index is 1.91. The molecule has 4 aromatic rings. The van der Waals surface area contributed by atoms with Crippen LogP contribution in [0.1, 0.15) is 26.3 Å². The second kappa shape index (κ2) is 8.60. The van der Waals surface area contributed by atoms with Crippen LogP contribution in [0, 0.1) is 11.2 Å². The number of sulfonamides is 1. The first kappa shape index (κ1) is 23.5. The predicted octanol–water partition coefficient (Wildman–Crippen LogP) is 4.78. The summed E-state index contributed by atoms with van der Waals surface area (Å²) in [7, 11) is -2.92. The van der Waals surface area contributed by atoms with Crippen LogP contribution in [0.25, 0.3) is 10.9 Å². The second-order valence-corrected chi connectivity index (χ2v) is 10.8. The van der Waals surface area contributed by atoms with Crippen molar-refractivity contribution < 1.29 is 22.1 Å². The monoisotopic (exact) mass is 485 g/mol. The Bertz CT molecular complexity index is 1510. The number of H-pyrrole nitrogens is 1. The Labute approximate surface area is 196 Å². The van der Waals surface area contributed by atoms with Gasteiger partial charge in [-0.15, -0.1) is 0 Å². The summed E-state index contributed by atoms with van der Waals surface area (Å²) in [6.45, 7) is 5.93. The summed E-state index contributed by atoms with van der Waals surface area (Å²) in [6.07, 6.45) is 1.65. The number of hydrogen-bond donors (Lipinski definition) is 1. The van der Waals surface area contributed by atoms with Gasteiger partial charge in [-0.3, -0.25) is 4.79 Å². The van der Waals surface area contributed by atoms with Crippen molar-refractivity contribution in [1.82, 2.24) is 10.1 Å². The molecule has 0 spiro atoms. The van der Waals surface area contributed by atoms with Gasteiger partial charge in [-0.1, -0.05) is 25.9 Å². The summed E-state index contributed by atoms with van der Waals surface area (Å²) in [5, 5.41) is 4.31. The number of pyridine rings is 1. The van der Waals surface area contributed by atoms with Crippen LogP contribution in [0.2, 0.25) is 0 Å². The lowest BCUT2D eigenvalue weighted by Gasteiger charge is -2.25. The largest absolute Gasteiger partial charge is 0.495 e. The van der Waals surface area contributed by atoms with Gasteiger partial charge >= 0.3 is 0 Å². The molecule has 4 rings (SSSR count). The number of hydrogen-bond acceptors (Lipinski definition) is 6. The summed E-state index contributed by atoms with van der Waals surface area (Å²) in [5.74, 6) is -0.467. The van der Waals surface area contributed by atoms with E-state index in [2.05, 4.69) is 10.1 Å². The molecule has 0 saturated carbocycles. The zero-order valence-electron chi connectivity index (χ0n) is 19.1. The number of ether oxygens (including phenoxy) is 1.